The Morgan fingerprint density at radius 3 is 2.64 bits per heavy atom. The molecule has 1 aliphatic heterocycles. The van der Waals surface area contributed by atoms with Crippen molar-refractivity contribution in [2.75, 3.05) is 13.7 Å². The van der Waals surface area contributed by atoms with E-state index in [9.17, 15) is 4.79 Å². The zero-order chi connectivity index (χ0) is 10.7. The predicted octanol–water partition coefficient (Wildman–Crippen LogP) is 1.43. The fourth-order valence-corrected chi connectivity index (χ4v) is 2.05. The smallest absolute Gasteiger partial charge is 0.310 e. The van der Waals surface area contributed by atoms with Crippen LogP contribution in [0.3, 0.4) is 0 Å². The molecule has 3 heteroatoms. The minimum Gasteiger partial charge on any atom is -0.469 e. The lowest BCUT2D eigenvalue weighted by atomic mass is 9.80. The van der Waals surface area contributed by atoms with Crippen LogP contribution in [0.1, 0.15) is 27.2 Å². The fourth-order valence-electron chi connectivity index (χ4n) is 2.05. The molecule has 0 aromatic heterocycles. The Morgan fingerprint density at radius 1 is 1.50 bits per heavy atom. The zero-order valence-electron chi connectivity index (χ0n) is 9.54. The lowest BCUT2D eigenvalue weighted by molar-refractivity contribution is -0.148. The lowest BCUT2D eigenvalue weighted by Crippen LogP contribution is -2.48. The van der Waals surface area contributed by atoms with E-state index in [-0.39, 0.29) is 17.9 Å². The Kier molecular flexibility index (Phi) is 3.93. The van der Waals surface area contributed by atoms with Crippen molar-refractivity contribution in [3.8, 4) is 0 Å². The van der Waals surface area contributed by atoms with E-state index in [1.807, 2.05) is 0 Å². The Bertz CT molecular complexity index is 203. The number of piperidine rings is 1. The average molecular weight is 199 g/mol. The van der Waals surface area contributed by atoms with E-state index in [2.05, 4.69) is 26.1 Å². The number of rotatable bonds is 2. The van der Waals surface area contributed by atoms with Gasteiger partial charge in [-0.05, 0) is 31.7 Å². The van der Waals surface area contributed by atoms with Gasteiger partial charge in [-0.3, -0.25) is 4.79 Å². The van der Waals surface area contributed by atoms with E-state index < -0.39 is 0 Å². The van der Waals surface area contributed by atoms with Crippen molar-refractivity contribution >= 4 is 5.97 Å². The molecule has 3 atom stereocenters. The molecule has 82 valence electrons. The maximum absolute atomic E-state index is 11.5. The molecule has 0 bridgehead atoms. The van der Waals surface area contributed by atoms with E-state index >= 15 is 0 Å². The van der Waals surface area contributed by atoms with Crippen LogP contribution in [-0.4, -0.2) is 25.7 Å². The highest BCUT2D eigenvalue weighted by molar-refractivity contribution is 5.73. The summed E-state index contributed by atoms with van der Waals surface area (Å²) >= 11 is 0. The molecule has 1 aliphatic rings. The molecule has 0 aromatic carbocycles. The molecule has 14 heavy (non-hydrogen) atoms. The van der Waals surface area contributed by atoms with Crippen LogP contribution >= 0.6 is 0 Å². The van der Waals surface area contributed by atoms with Gasteiger partial charge in [0.25, 0.3) is 0 Å². The Hall–Kier alpha value is -0.570. The van der Waals surface area contributed by atoms with Crippen LogP contribution in [0.15, 0.2) is 0 Å². The normalized spacial score (nSPS) is 33.1. The molecule has 0 aromatic rings. The van der Waals surface area contributed by atoms with Crippen LogP contribution in [0, 0.1) is 17.8 Å². The summed E-state index contributed by atoms with van der Waals surface area (Å²) in [5, 5.41) is 3.38. The fraction of sp³-hybridized carbons (Fsp3) is 0.909. The van der Waals surface area contributed by atoms with E-state index in [1.165, 1.54) is 7.11 Å². The van der Waals surface area contributed by atoms with E-state index in [4.69, 9.17) is 4.74 Å². The predicted molar refractivity (Wildman–Crippen MR) is 55.9 cm³/mol. The highest BCUT2D eigenvalue weighted by Crippen LogP contribution is 2.27. The van der Waals surface area contributed by atoms with E-state index in [0.717, 1.165) is 13.0 Å². The molecule has 0 spiro atoms. The number of carbonyl (C=O) groups is 1. The maximum Gasteiger partial charge on any atom is 0.310 e. The van der Waals surface area contributed by atoms with Crippen LogP contribution in [0.25, 0.3) is 0 Å². The lowest BCUT2D eigenvalue weighted by Gasteiger charge is -2.35. The number of carbonyl (C=O) groups excluding carboxylic acids is 1. The van der Waals surface area contributed by atoms with Crippen molar-refractivity contribution < 1.29 is 9.53 Å². The van der Waals surface area contributed by atoms with E-state index in [0.29, 0.717) is 11.8 Å². The van der Waals surface area contributed by atoms with Crippen molar-refractivity contribution in [3.63, 3.8) is 0 Å². The van der Waals surface area contributed by atoms with Gasteiger partial charge in [0.05, 0.1) is 13.0 Å². The third-order valence-corrected chi connectivity index (χ3v) is 3.31. The molecular formula is C11H21NO2. The minimum atomic E-state index is -0.0737. The molecule has 1 fully saturated rings. The van der Waals surface area contributed by atoms with Crippen molar-refractivity contribution in [1.82, 2.24) is 5.32 Å². The van der Waals surface area contributed by atoms with Gasteiger partial charge in [-0.25, -0.2) is 0 Å². The average Bonchev–Trinajstić information content (AvgIpc) is 2.17. The molecule has 3 nitrogen and oxygen atoms in total. The highest BCUT2D eigenvalue weighted by atomic mass is 16.5. The number of methoxy groups -OCH3 is 1. The van der Waals surface area contributed by atoms with Gasteiger partial charge in [0.2, 0.25) is 0 Å². The van der Waals surface area contributed by atoms with Crippen molar-refractivity contribution in [1.29, 1.82) is 0 Å². The third-order valence-electron chi connectivity index (χ3n) is 3.31. The van der Waals surface area contributed by atoms with Crippen LogP contribution in [0.4, 0.5) is 0 Å². The van der Waals surface area contributed by atoms with Gasteiger partial charge >= 0.3 is 5.97 Å². The van der Waals surface area contributed by atoms with Gasteiger partial charge in [-0.2, -0.15) is 0 Å². The maximum atomic E-state index is 11.5. The second kappa shape index (κ2) is 4.78. The van der Waals surface area contributed by atoms with Crippen molar-refractivity contribution in [3.05, 3.63) is 0 Å². The number of nitrogens with one attached hydrogen (secondary N) is 1. The summed E-state index contributed by atoms with van der Waals surface area (Å²) in [6.45, 7) is 7.48. The molecule has 1 N–H and O–H groups in total. The molecule has 0 saturated carbocycles. The second-order valence-electron chi connectivity index (χ2n) is 4.57. The standard InChI is InChI=1S/C11H21NO2/c1-7(2)9-5-10(11(13)14-4)8(3)12-6-9/h7-10,12H,5-6H2,1-4H3. The monoisotopic (exact) mass is 199 g/mol. The topological polar surface area (TPSA) is 38.3 Å². The van der Waals surface area contributed by atoms with Gasteiger partial charge in [-0.15, -0.1) is 0 Å². The molecule has 0 amide bonds. The highest BCUT2D eigenvalue weighted by Gasteiger charge is 2.34. The molecule has 1 heterocycles. The molecule has 3 unspecified atom stereocenters. The second-order valence-corrected chi connectivity index (χ2v) is 4.57. The minimum absolute atomic E-state index is 0.0288. The first kappa shape index (κ1) is 11.5. The third kappa shape index (κ3) is 2.47. The molecule has 1 saturated heterocycles. The van der Waals surface area contributed by atoms with Crippen LogP contribution < -0.4 is 5.32 Å². The summed E-state index contributed by atoms with van der Waals surface area (Å²) in [5.41, 5.74) is 0. The Morgan fingerprint density at radius 2 is 2.14 bits per heavy atom. The molecule has 0 radical (unpaired) electrons. The SMILES string of the molecule is COC(=O)C1CC(C(C)C)CNC1C. The Balaban J connectivity index is 2.59. The molecule has 0 aliphatic carbocycles. The summed E-state index contributed by atoms with van der Waals surface area (Å²) in [5.74, 6) is 1.17. The number of esters is 1. The first-order valence-electron chi connectivity index (χ1n) is 5.37. The number of ether oxygens (including phenoxy) is 1. The summed E-state index contributed by atoms with van der Waals surface area (Å²) < 4.78 is 4.81. The molecular weight excluding hydrogens is 178 g/mol. The van der Waals surface area contributed by atoms with Gasteiger partial charge in [0.15, 0.2) is 0 Å². The first-order chi connectivity index (χ1) is 6.56. The van der Waals surface area contributed by atoms with Gasteiger partial charge in [0, 0.05) is 6.04 Å². The Labute approximate surface area is 86.2 Å². The van der Waals surface area contributed by atoms with Gasteiger partial charge < -0.3 is 10.1 Å². The number of hydrogen-bond acceptors (Lipinski definition) is 3. The van der Waals surface area contributed by atoms with E-state index in [1.54, 1.807) is 0 Å². The summed E-state index contributed by atoms with van der Waals surface area (Å²) in [6.07, 6.45) is 0.957. The van der Waals surface area contributed by atoms with Crippen LogP contribution in [-0.2, 0) is 9.53 Å². The number of hydrogen-bond donors (Lipinski definition) is 1. The summed E-state index contributed by atoms with van der Waals surface area (Å²) in [7, 11) is 1.47. The van der Waals surface area contributed by atoms with Crippen LogP contribution in [0.2, 0.25) is 0 Å². The van der Waals surface area contributed by atoms with Crippen molar-refractivity contribution in [2.24, 2.45) is 17.8 Å². The van der Waals surface area contributed by atoms with Crippen LogP contribution in [0.5, 0.6) is 0 Å². The molecule has 1 rings (SSSR count). The zero-order valence-corrected chi connectivity index (χ0v) is 9.54. The quantitative estimate of drug-likeness (QED) is 0.684. The largest absolute Gasteiger partial charge is 0.469 e. The summed E-state index contributed by atoms with van der Waals surface area (Å²) in [4.78, 5) is 11.5. The van der Waals surface area contributed by atoms with Crippen molar-refractivity contribution in [2.45, 2.75) is 33.2 Å². The summed E-state index contributed by atoms with van der Waals surface area (Å²) in [6, 6.07) is 0.248. The van der Waals surface area contributed by atoms with Gasteiger partial charge in [-0.1, -0.05) is 13.8 Å². The first-order valence-corrected chi connectivity index (χ1v) is 5.37. The van der Waals surface area contributed by atoms with Gasteiger partial charge in [0.1, 0.15) is 0 Å².